The Bertz CT molecular complexity index is 271. The molecule has 0 aromatic rings. The van der Waals surface area contributed by atoms with Gasteiger partial charge in [-0.3, -0.25) is 0 Å². The van der Waals surface area contributed by atoms with Crippen LogP contribution in [0.4, 0.5) is 26.3 Å². The van der Waals surface area contributed by atoms with Crippen LogP contribution in [0.2, 0.25) is 0 Å². The van der Waals surface area contributed by atoms with Crippen LogP contribution in [0, 0.1) is 0 Å². The van der Waals surface area contributed by atoms with Crippen LogP contribution >= 0.6 is 0 Å². The number of hydrogen-bond acceptors (Lipinski definition) is 2. The molecule has 2 atom stereocenters. The SMILES string of the molecule is CC1OCCOC1CCC(F)(F)C(F)(F)C(F)F. The minimum absolute atomic E-state index is 0.172. The van der Waals surface area contributed by atoms with Gasteiger partial charge in [0, 0.05) is 6.42 Å². The van der Waals surface area contributed by atoms with Gasteiger partial charge in [-0.15, -0.1) is 0 Å². The normalized spacial score (nSPS) is 26.7. The Morgan fingerprint density at radius 2 is 1.67 bits per heavy atom. The molecule has 0 spiro atoms. The van der Waals surface area contributed by atoms with Crippen LogP contribution < -0.4 is 0 Å². The first-order valence-corrected chi connectivity index (χ1v) is 5.45. The molecule has 1 heterocycles. The number of halogens is 6. The fourth-order valence-corrected chi connectivity index (χ4v) is 1.64. The lowest BCUT2D eigenvalue weighted by Gasteiger charge is -2.32. The summed E-state index contributed by atoms with van der Waals surface area (Å²) in [5.74, 6) is -10.1. The maximum atomic E-state index is 13.0. The molecule has 8 heteroatoms. The third kappa shape index (κ3) is 3.28. The van der Waals surface area contributed by atoms with Crippen molar-refractivity contribution in [2.45, 2.75) is 50.2 Å². The first-order valence-electron chi connectivity index (χ1n) is 5.45. The van der Waals surface area contributed by atoms with E-state index in [0.717, 1.165) is 0 Å². The minimum Gasteiger partial charge on any atom is -0.373 e. The molecule has 0 saturated carbocycles. The third-order valence-electron chi connectivity index (χ3n) is 2.82. The molecule has 2 unspecified atom stereocenters. The molecule has 0 radical (unpaired) electrons. The van der Waals surface area contributed by atoms with Gasteiger partial charge in [-0.1, -0.05) is 0 Å². The minimum atomic E-state index is -5.33. The van der Waals surface area contributed by atoms with E-state index in [1.807, 2.05) is 0 Å². The van der Waals surface area contributed by atoms with E-state index in [9.17, 15) is 26.3 Å². The van der Waals surface area contributed by atoms with Crippen molar-refractivity contribution in [2.75, 3.05) is 13.2 Å². The summed E-state index contributed by atoms with van der Waals surface area (Å²) in [6.07, 6.45) is -7.53. The van der Waals surface area contributed by atoms with Gasteiger partial charge in [0.05, 0.1) is 25.4 Å². The highest BCUT2D eigenvalue weighted by molar-refractivity contribution is 4.88. The van der Waals surface area contributed by atoms with Crippen molar-refractivity contribution in [3.8, 4) is 0 Å². The second kappa shape index (κ2) is 5.64. The van der Waals surface area contributed by atoms with Gasteiger partial charge >= 0.3 is 18.3 Å². The smallest absolute Gasteiger partial charge is 0.369 e. The average molecular weight is 280 g/mol. The van der Waals surface area contributed by atoms with E-state index in [2.05, 4.69) is 0 Å². The highest BCUT2D eigenvalue weighted by Crippen LogP contribution is 2.42. The van der Waals surface area contributed by atoms with Gasteiger partial charge in [0.15, 0.2) is 0 Å². The van der Waals surface area contributed by atoms with E-state index < -0.39 is 43.3 Å². The van der Waals surface area contributed by atoms with Gasteiger partial charge in [-0.2, -0.15) is 17.6 Å². The summed E-state index contributed by atoms with van der Waals surface area (Å²) in [5, 5.41) is 0. The molecule has 0 amide bonds. The van der Waals surface area contributed by atoms with Crippen LogP contribution in [0.25, 0.3) is 0 Å². The predicted molar refractivity (Wildman–Crippen MR) is 50.3 cm³/mol. The van der Waals surface area contributed by atoms with Crippen molar-refractivity contribution in [3.05, 3.63) is 0 Å². The lowest BCUT2D eigenvalue weighted by Crippen LogP contribution is -2.47. The van der Waals surface area contributed by atoms with Crippen LogP contribution in [-0.4, -0.2) is 43.7 Å². The summed E-state index contributed by atoms with van der Waals surface area (Å²) in [5.41, 5.74) is 0. The van der Waals surface area contributed by atoms with E-state index in [-0.39, 0.29) is 6.61 Å². The molecule has 2 nitrogen and oxygen atoms in total. The second-order valence-electron chi connectivity index (χ2n) is 4.15. The molecule has 0 aliphatic carbocycles. The Hall–Kier alpha value is -0.500. The molecule has 18 heavy (non-hydrogen) atoms. The first kappa shape index (κ1) is 15.6. The maximum absolute atomic E-state index is 13.0. The molecule has 1 fully saturated rings. The van der Waals surface area contributed by atoms with Gasteiger partial charge in [-0.25, -0.2) is 8.78 Å². The average Bonchev–Trinajstić information content (AvgIpc) is 2.27. The molecule has 0 bridgehead atoms. The summed E-state index contributed by atoms with van der Waals surface area (Å²) in [6, 6.07) is 0. The van der Waals surface area contributed by atoms with Gasteiger partial charge in [0.25, 0.3) is 0 Å². The third-order valence-corrected chi connectivity index (χ3v) is 2.82. The Morgan fingerprint density at radius 1 is 1.11 bits per heavy atom. The molecule has 108 valence electrons. The number of alkyl halides is 6. The fourth-order valence-electron chi connectivity index (χ4n) is 1.64. The van der Waals surface area contributed by atoms with Crippen LogP contribution in [0.5, 0.6) is 0 Å². The summed E-state index contributed by atoms with van der Waals surface area (Å²) in [7, 11) is 0. The van der Waals surface area contributed by atoms with E-state index in [0.29, 0.717) is 6.61 Å². The zero-order chi connectivity index (χ0) is 14.0. The molecular formula is C10H14F6O2. The van der Waals surface area contributed by atoms with Gasteiger partial charge in [0.1, 0.15) is 0 Å². The summed E-state index contributed by atoms with van der Waals surface area (Å²) >= 11 is 0. The molecular weight excluding hydrogens is 266 g/mol. The van der Waals surface area contributed by atoms with Crippen LogP contribution in [0.1, 0.15) is 19.8 Å². The first-order chi connectivity index (χ1) is 8.18. The highest BCUT2D eigenvalue weighted by atomic mass is 19.3. The Kier molecular flexibility index (Phi) is 4.88. The van der Waals surface area contributed by atoms with Gasteiger partial charge in [-0.05, 0) is 13.3 Å². The van der Waals surface area contributed by atoms with Gasteiger partial charge in [0.2, 0.25) is 0 Å². The quantitative estimate of drug-likeness (QED) is 0.720. The monoisotopic (exact) mass is 280 g/mol. The van der Waals surface area contributed by atoms with Crippen molar-refractivity contribution in [2.24, 2.45) is 0 Å². The Labute approximate surface area is 100 Å². The summed E-state index contributed by atoms with van der Waals surface area (Å²) in [4.78, 5) is 0. The van der Waals surface area contributed by atoms with Crippen molar-refractivity contribution < 1.29 is 35.8 Å². The number of ether oxygens (including phenoxy) is 2. The topological polar surface area (TPSA) is 18.5 Å². The molecule has 0 aromatic carbocycles. The summed E-state index contributed by atoms with van der Waals surface area (Å²) in [6.45, 7) is 2.01. The van der Waals surface area contributed by atoms with E-state index in [1.54, 1.807) is 6.92 Å². The molecule has 1 aliphatic rings. The molecule has 0 N–H and O–H groups in total. The second-order valence-corrected chi connectivity index (χ2v) is 4.15. The van der Waals surface area contributed by atoms with E-state index in [4.69, 9.17) is 9.47 Å². The molecule has 0 aromatic heterocycles. The lowest BCUT2D eigenvalue weighted by molar-refractivity contribution is -0.269. The zero-order valence-electron chi connectivity index (χ0n) is 9.64. The molecule has 1 aliphatic heterocycles. The maximum Gasteiger partial charge on any atom is 0.369 e. The molecule has 1 rings (SSSR count). The zero-order valence-corrected chi connectivity index (χ0v) is 9.64. The summed E-state index contributed by atoms with van der Waals surface area (Å²) < 4.78 is 85.1. The predicted octanol–water partition coefficient (Wildman–Crippen LogP) is 3.11. The number of hydrogen-bond donors (Lipinski definition) is 0. The standard InChI is InChI=1S/C10H14F6O2/c1-6-7(18-5-4-17-6)2-3-9(13,14)10(15,16)8(11)12/h6-8H,2-5H2,1H3. The van der Waals surface area contributed by atoms with Gasteiger partial charge < -0.3 is 9.47 Å². The van der Waals surface area contributed by atoms with Crippen molar-refractivity contribution in [1.82, 2.24) is 0 Å². The Morgan fingerprint density at radius 3 is 2.17 bits per heavy atom. The van der Waals surface area contributed by atoms with Crippen LogP contribution in [0.15, 0.2) is 0 Å². The van der Waals surface area contributed by atoms with Crippen LogP contribution in [-0.2, 0) is 9.47 Å². The van der Waals surface area contributed by atoms with E-state index in [1.165, 1.54) is 0 Å². The highest BCUT2D eigenvalue weighted by Gasteiger charge is 2.62. The van der Waals surface area contributed by atoms with E-state index >= 15 is 0 Å². The number of rotatable bonds is 5. The largest absolute Gasteiger partial charge is 0.373 e. The van der Waals surface area contributed by atoms with Crippen LogP contribution in [0.3, 0.4) is 0 Å². The van der Waals surface area contributed by atoms with Crippen molar-refractivity contribution in [1.29, 1.82) is 0 Å². The fraction of sp³-hybridized carbons (Fsp3) is 1.00. The Balaban J connectivity index is 2.55. The lowest BCUT2D eigenvalue weighted by atomic mass is 10.0. The van der Waals surface area contributed by atoms with Crippen molar-refractivity contribution >= 4 is 0 Å². The van der Waals surface area contributed by atoms with Crippen molar-refractivity contribution in [3.63, 3.8) is 0 Å². The molecule has 1 saturated heterocycles.